The minimum absolute atomic E-state index is 0.105. The van der Waals surface area contributed by atoms with Crippen molar-refractivity contribution in [1.82, 2.24) is 9.78 Å². The Morgan fingerprint density at radius 3 is 2.59 bits per heavy atom. The van der Waals surface area contributed by atoms with Gasteiger partial charge in [0.2, 0.25) is 0 Å². The molecule has 0 bridgehead atoms. The minimum atomic E-state index is -1.20. The van der Waals surface area contributed by atoms with E-state index in [1.165, 1.54) is 23.9 Å². The summed E-state index contributed by atoms with van der Waals surface area (Å²) in [6.07, 6.45) is 0. The molecule has 4 nitrogen and oxygen atoms in total. The first-order valence-corrected chi connectivity index (χ1v) is 4.72. The Morgan fingerprint density at radius 2 is 2.06 bits per heavy atom. The van der Waals surface area contributed by atoms with Crippen LogP contribution in [0.3, 0.4) is 0 Å². The average molecular weight is 238 g/mol. The van der Waals surface area contributed by atoms with Gasteiger partial charge in [-0.05, 0) is 18.2 Å². The molecule has 1 aromatic carbocycles. The Hall–Kier alpha value is -2.24. The third-order valence-electron chi connectivity index (χ3n) is 2.31. The summed E-state index contributed by atoms with van der Waals surface area (Å²) in [4.78, 5) is 10.7. The van der Waals surface area contributed by atoms with Gasteiger partial charge in [-0.2, -0.15) is 5.10 Å². The number of hydrogen-bond donors (Lipinski definition) is 1. The van der Waals surface area contributed by atoms with E-state index in [2.05, 4.69) is 5.10 Å². The lowest BCUT2D eigenvalue weighted by Gasteiger charge is -2.02. The molecule has 0 aliphatic rings. The second kappa shape index (κ2) is 3.97. The van der Waals surface area contributed by atoms with E-state index in [9.17, 15) is 13.6 Å². The van der Waals surface area contributed by atoms with Crippen molar-refractivity contribution in [1.29, 1.82) is 0 Å². The van der Waals surface area contributed by atoms with Crippen LogP contribution in [0.5, 0.6) is 0 Å². The summed E-state index contributed by atoms with van der Waals surface area (Å²) < 4.78 is 27.5. The van der Waals surface area contributed by atoms with E-state index >= 15 is 0 Å². The normalized spacial score (nSPS) is 10.5. The van der Waals surface area contributed by atoms with E-state index in [1.54, 1.807) is 0 Å². The van der Waals surface area contributed by atoms with Gasteiger partial charge < -0.3 is 5.11 Å². The van der Waals surface area contributed by atoms with Gasteiger partial charge in [0.05, 0.1) is 5.69 Å². The fourth-order valence-corrected chi connectivity index (χ4v) is 1.52. The molecule has 2 rings (SSSR count). The van der Waals surface area contributed by atoms with Gasteiger partial charge in [-0.3, -0.25) is 4.68 Å². The van der Waals surface area contributed by atoms with Crippen molar-refractivity contribution in [3.8, 4) is 11.3 Å². The van der Waals surface area contributed by atoms with Gasteiger partial charge in [0.1, 0.15) is 11.6 Å². The molecule has 0 saturated heterocycles. The first kappa shape index (κ1) is 11.3. The third-order valence-corrected chi connectivity index (χ3v) is 2.31. The number of carboxylic acid groups (broad SMARTS) is 1. The Kier molecular flexibility index (Phi) is 2.63. The zero-order valence-electron chi connectivity index (χ0n) is 8.82. The molecule has 0 spiro atoms. The van der Waals surface area contributed by atoms with Crippen molar-refractivity contribution in [2.45, 2.75) is 0 Å². The van der Waals surface area contributed by atoms with Gasteiger partial charge in [-0.1, -0.05) is 0 Å². The summed E-state index contributed by atoms with van der Waals surface area (Å²) in [6, 6.07) is 4.32. The van der Waals surface area contributed by atoms with Gasteiger partial charge in [0, 0.05) is 18.7 Å². The molecule has 0 fully saturated rings. The van der Waals surface area contributed by atoms with Crippen LogP contribution in [-0.2, 0) is 7.05 Å². The van der Waals surface area contributed by atoms with Crippen LogP contribution >= 0.6 is 0 Å². The van der Waals surface area contributed by atoms with Crippen LogP contribution in [0.25, 0.3) is 11.3 Å². The van der Waals surface area contributed by atoms with Gasteiger partial charge in [0.25, 0.3) is 0 Å². The van der Waals surface area contributed by atoms with Crippen LogP contribution < -0.4 is 0 Å². The molecule has 0 amide bonds. The van der Waals surface area contributed by atoms with Crippen molar-refractivity contribution < 1.29 is 18.7 Å². The van der Waals surface area contributed by atoms with Crippen molar-refractivity contribution in [2.75, 3.05) is 0 Å². The predicted molar refractivity (Wildman–Crippen MR) is 55.5 cm³/mol. The highest BCUT2D eigenvalue weighted by atomic mass is 19.1. The van der Waals surface area contributed by atoms with Crippen LogP contribution in [0.1, 0.15) is 10.5 Å². The van der Waals surface area contributed by atoms with E-state index in [1.807, 2.05) is 0 Å². The summed E-state index contributed by atoms with van der Waals surface area (Å²) in [6.45, 7) is 0. The minimum Gasteiger partial charge on any atom is -0.476 e. The van der Waals surface area contributed by atoms with E-state index in [4.69, 9.17) is 5.11 Å². The van der Waals surface area contributed by atoms with E-state index in [-0.39, 0.29) is 17.0 Å². The highest BCUT2D eigenvalue weighted by molar-refractivity contribution is 5.87. The zero-order valence-corrected chi connectivity index (χ0v) is 8.82. The maximum Gasteiger partial charge on any atom is 0.356 e. The number of aromatic nitrogens is 2. The van der Waals surface area contributed by atoms with Gasteiger partial charge in [0.15, 0.2) is 5.69 Å². The fourth-order valence-electron chi connectivity index (χ4n) is 1.52. The highest BCUT2D eigenvalue weighted by Gasteiger charge is 2.15. The zero-order chi connectivity index (χ0) is 12.6. The number of hydrogen-bond acceptors (Lipinski definition) is 2. The Balaban J connectivity index is 2.56. The quantitative estimate of drug-likeness (QED) is 0.871. The van der Waals surface area contributed by atoms with Crippen LogP contribution in [0.4, 0.5) is 8.78 Å². The number of nitrogens with zero attached hydrogens (tertiary/aromatic N) is 2. The summed E-state index contributed by atoms with van der Waals surface area (Å²) in [5, 5.41) is 12.5. The number of rotatable bonds is 2. The molecule has 1 N–H and O–H groups in total. The second-order valence-electron chi connectivity index (χ2n) is 3.47. The molecular formula is C11H8F2N2O2. The molecule has 1 aromatic heterocycles. The molecule has 88 valence electrons. The molecule has 1 heterocycles. The molecule has 2 aromatic rings. The lowest BCUT2D eigenvalue weighted by molar-refractivity contribution is 0.0689. The molecule has 0 atom stereocenters. The molecule has 0 saturated carbocycles. The smallest absolute Gasteiger partial charge is 0.356 e. The standard InChI is InChI=1S/C11H8F2N2O2/c1-15-10(5-9(14-15)11(16)17)7-3-2-6(12)4-8(7)13/h2-5H,1H3,(H,16,17). The van der Waals surface area contributed by atoms with E-state index in [0.717, 1.165) is 12.1 Å². The van der Waals surface area contributed by atoms with Gasteiger partial charge in [-0.15, -0.1) is 0 Å². The lowest BCUT2D eigenvalue weighted by atomic mass is 10.1. The molecule has 0 radical (unpaired) electrons. The number of carbonyl (C=O) groups is 1. The fraction of sp³-hybridized carbons (Fsp3) is 0.0909. The molecular weight excluding hydrogens is 230 g/mol. The summed E-state index contributed by atoms with van der Waals surface area (Å²) in [7, 11) is 1.49. The summed E-state index contributed by atoms with van der Waals surface area (Å²) in [5.74, 6) is -2.65. The SMILES string of the molecule is Cn1nc(C(=O)O)cc1-c1ccc(F)cc1F. The number of halogens is 2. The number of aryl methyl sites for hydroxylation is 1. The molecule has 0 aliphatic heterocycles. The van der Waals surface area contributed by atoms with Crippen molar-refractivity contribution in [3.63, 3.8) is 0 Å². The average Bonchev–Trinajstić information content (AvgIpc) is 2.61. The first-order chi connectivity index (χ1) is 7.99. The third kappa shape index (κ3) is 2.01. The Bertz CT molecular complexity index is 593. The number of benzene rings is 1. The Morgan fingerprint density at radius 1 is 1.35 bits per heavy atom. The second-order valence-corrected chi connectivity index (χ2v) is 3.47. The first-order valence-electron chi connectivity index (χ1n) is 4.72. The van der Waals surface area contributed by atoms with Crippen LogP contribution in [0, 0.1) is 11.6 Å². The van der Waals surface area contributed by atoms with Crippen LogP contribution in [0.2, 0.25) is 0 Å². The van der Waals surface area contributed by atoms with E-state index < -0.39 is 17.6 Å². The Labute approximate surface area is 95.1 Å². The monoisotopic (exact) mass is 238 g/mol. The van der Waals surface area contributed by atoms with Gasteiger partial charge >= 0.3 is 5.97 Å². The summed E-state index contributed by atoms with van der Waals surface area (Å²) in [5.41, 5.74) is 0.194. The van der Waals surface area contributed by atoms with Crippen LogP contribution in [-0.4, -0.2) is 20.9 Å². The van der Waals surface area contributed by atoms with Crippen molar-refractivity contribution in [2.24, 2.45) is 7.05 Å². The largest absolute Gasteiger partial charge is 0.476 e. The van der Waals surface area contributed by atoms with Gasteiger partial charge in [-0.25, -0.2) is 13.6 Å². The van der Waals surface area contributed by atoms with E-state index in [0.29, 0.717) is 0 Å². The molecule has 0 aliphatic carbocycles. The number of carboxylic acids is 1. The maximum atomic E-state index is 13.5. The molecule has 0 unspecified atom stereocenters. The van der Waals surface area contributed by atoms with Crippen LogP contribution in [0.15, 0.2) is 24.3 Å². The number of aromatic carboxylic acids is 1. The predicted octanol–water partition coefficient (Wildman–Crippen LogP) is 2.06. The van der Waals surface area contributed by atoms with Crippen molar-refractivity contribution in [3.05, 3.63) is 41.6 Å². The molecule has 17 heavy (non-hydrogen) atoms. The lowest BCUT2D eigenvalue weighted by Crippen LogP contribution is -1.99. The molecule has 6 heteroatoms. The topological polar surface area (TPSA) is 55.1 Å². The highest BCUT2D eigenvalue weighted by Crippen LogP contribution is 2.23. The summed E-state index contributed by atoms with van der Waals surface area (Å²) >= 11 is 0. The maximum absolute atomic E-state index is 13.5. The van der Waals surface area contributed by atoms with Crippen molar-refractivity contribution >= 4 is 5.97 Å².